The molecule has 0 fully saturated rings. The lowest BCUT2D eigenvalue weighted by Crippen LogP contribution is -2.04. The lowest BCUT2D eigenvalue weighted by atomic mass is 9.93. The molecule has 22 heavy (non-hydrogen) atoms. The van der Waals surface area contributed by atoms with Gasteiger partial charge in [-0.2, -0.15) is 10.2 Å². The summed E-state index contributed by atoms with van der Waals surface area (Å²) in [5.74, 6) is 0. The van der Waals surface area contributed by atoms with Crippen LogP contribution in [-0.2, 0) is 6.42 Å². The van der Waals surface area contributed by atoms with Crippen molar-refractivity contribution in [2.45, 2.75) is 25.4 Å². The van der Waals surface area contributed by atoms with Gasteiger partial charge >= 0.3 is 0 Å². The molecule has 0 aliphatic carbocycles. The molecule has 0 aromatic heterocycles. The summed E-state index contributed by atoms with van der Waals surface area (Å²) in [6.45, 7) is 2.01. The van der Waals surface area contributed by atoms with Gasteiger partial charge in [0.05, 0.1) is 11.0 Å². The van der Waals surface area contributed by atoms with Crippen LogP contribution in [0.5, 0.6) is 0 Å². The van der Waals surface area contributed by atoms with Crippen molar-refractivity contribution >= 4 is 17.3 Å². The smallest absolute Gasteiger partial charge is 0.258 e. The molecule has 2 atom stereocenters. The van der Waals surface area contributed by atoms with Gasteiger partial charge in [-0.3, -0.25) is 10.1 Å². The molecular weight excluding hydrogens is 302 g/mol. The summed E-state index contributed by atoms with van der Waals surface area (Å²) < 4.78 is 0. The molecule has 0 amide bonds. The van der Waals surface area contributed by atoms with E-state index in [1.54, 1.807) is 12.1 Å². The Morgan fingerprint density at radius 3 is 2.59 bits per heavy atom. The number of nitrogens with zero attached hydrogens (tertiary/aromatic N) is 3. The zero-order valence-corrected chi connectivity index (χ0v) is 12.7. The zero-order chi connectivity index (χ0) is 15.7. The second kappa shape index (κ2) is 5.85. The van der Waals surface area contributed by atoms with Gasteiger partial charge in [-0.25, -0.2) is 0 Å². The second-order valence-corrected chi connectivity index (χ2v) is 5.81. The Kier molecular flexibility index (Phi) is 3.90. The van der Waals surface area contributed by atoms with Crippen LogP contribution in [0.4, 0.5) is 5.69 Å². The minimum absolute atomic E-state index is 0.0685. The predicted octanol–water partition coefficient (Wildman–Crippen LogP) is 4.73. The molecule has 0 spiro atoms. The molecule has 2 unspecified atom stereocenters. The van der Waals surface area contributed by atoms with Gasteiger partial charge in [-0.05, 0) is 54.3 Å². The van der Waals surface area contributed by atoms with Crippen molar-refractivity contribution in [3.8, 4) is 0 Å². The van der Waals surface area contributed by atoms with Crippen LogP contribution in [0.25, 0.3) is 0 Å². The molecular formula is C16H14ClN3O2. The molecule has 3 rings (SSSR count). The number of hydrogen-bond donors (Lipinski definition) is 0. The molecule has 0 saturated carbocycles. The number of fused-ring (bicyclic) bond motifs is 1. The van der Waals surface area contributed by atoms with E-state index in [-0.39, 0.29) is 17.8 Å². The summed E-state index contributed by atoms with van der Waals surface area (Å²) in [7, 11) is 0. The van der Waals surface area contributed by atoms with E-state index in [0.717, 1.165) is 23.1 Å². The normalized spacial score (nSPS) is 20.3. The van der Waals surface area contributed by atoms with E-state index in [1.165, 1.54) is 12.1 Å². The summed E-state index contributed by atoms with van der Waals surface area (Å²) in [6, 6.07) is 12.0. The number of azo groups is 1. The summed E-state index contributed by atoms with van der Waals surface area (Å²) in [4.78, 5) is 10.4. The lowest BCUT2D eigenvalue weighted by molar-refractivity contribution is -0.384. The third-order valence-corrected chi connectivity index (χ3v) is 3.95. The SMILES string of the molecule is CC1Cc2cc(Cl)ccc2C(c2ccc([N+](=O)[O-])cc2)N=N1. The first kappa shape index (κ1) is 14.7. The standard InChI is InChI=1S/C16H14ClN3O2/c1-10-8-12-9-13(17)4-7-15(12)16(19-18-10)11-2-5-14(6-3-11)20(21)22/h2-7,9-10,16H,8H2,1H3. The van der Waals surface area contributed by atoms with Gasteiger partial charge in [0.1, 0.15) is 6.04 Å². The van der Waals surface area contributed by atoms with Crippen LogP contribution in [0.1, 0.15) is 29.7 Å². The third-order valence-electron chi connectivity index (χ3n) is 3.71. The highest BCUT2D eigenvalue weighted by molar-refractivity contribution is 6.30. The number of halogens is 1. The Labute approximate surface area is 132 Å². The molecule has 1 heterocycles. The number of non-ortho nitro benzene ring substituents is 1. The van der Waals surface area contributed by atoms with Crippen LogP contribution >= 0.6 is 11.6 Å². The summed E-state index contributed by atoms with van der Waals surface area (Å²) in [5.41, 5.74) is 3.12. The van der Waals surface area contributed by atoms with Crippen molar-refractivity contribution < 1.29 is 4.92 Å². The Bertz CT molecular complexity index is 744. The van der Waals surface area contributed by atoms with Gasteiger partial charge in [0, 0.05) is 17.2 Å². The van der Waals surface area contributed by atoms with Crippen molar-refractivity contribution in [1.82, 2.24) is 0 Å². The maximum atomic E-state index is 10.8. The van der Waals surface area contributed by atoms with Crippen LogP contribution in [0.15, 0.2) is 52.7 Å². The van der Waals surface area contributed by atoms with Crippen LogP contribution < -0.4 is 0 Å². The molecule has 5 nitrogen and oxygen atoms in total. The van der Waals surface area contributed by atoms with E-state index in [9.17, 15) is 10.1 Å². The molecule has 1 aliphatic rings. The van der Waals surface area contributed by atoms with E-state index in [2.05, 4.69) is 10.2 Å². The number of nitro benzene ring substituents is 1. The van der Waals surface area contributed by atoms with Crippen molar-refractivity contribution in [2.75, 3.05) is 0 Å². The van der Waals surface area contributed by atoms with E-state index < -0.39 is 4.92 Å². The topological polar surface area (TPSA) is 67.9 Å². The molecule has 0 bridgehead atoms. The fraction of sp³-hybridized carbons (Fsp3) is 0.250. The first-order valence-corrected chi connectivity index (χ1v) is 7.35. The average molecular weight is 316 g/mol. The third kappa shape index (κ3) is 2.85. The molecule has 0 radical (unpaired) electrons. The van der Waals surface area contributed by atoms with Crippen LogP contribution in [-0.4, -0.2) is 11.0 Å². The van der Waals surface area contributed by atoms with Gasteiger partial charge in [0.2, 0.25) is 0 Å². The van der Waals surface area contributed by atoms with E-state index >= 15 is 0 Å². The molecule has 0 saturated heterocycles. The Balaban J connectivity index is 2.06. The van der Waals surface area contributed by atoms with Crippen molar-refractivity contribution in [3.63, 3.8) is 0 Å². The van der Waals surface area contributed by atoms with Crippen LogP contribution in [0.3, 0.4) is 0 Å². The fourth-order valence-corrected chi connectivity index (χ4v) is 2.84. The van der Waals surface area contributed by atoms with E-state index in [4.69, 9.17) is 11.6 Å². The summed E-state index contributed by atoms with van der Waals surface area (Å²) in [5, 5.41) is 20.2. The van der Waals surface area contributed by atoms with Gasteiger partial charge in [-0.15, -0.1) is 0 Å². The number of nitro groups is 1. The molecule has 2 aromatic carbocycles. The second-order valence-electron chi connectivity index (χ2n) is 5.38. The van der Waals surface area contributed by atoms with Gasteiger partial charge in [0.15, 0.2) is 0 Å². The first-order chi connectivity index (χ1) is 10.5. The Hall–Kier alpha value is -2.27. The molecule has 2 aromatic rings. The summed E-state index contributed by atoms with van der Waals surface area (Å²) >= 11 is 6.09. The number of hydrogen-bond acceptors (Lipinski definition) is 4. The number of benzene rings is 2. The zero-order valence-electron chi connectivity index (χ0n) is 11.9. The van der Waals surface area contributed by atoms with Gasteiger partial charge in [0.25, 0.3) is 5.69 Å². The van der Waals surface area contributed by atoms with Gasteiger partial charge < -0.3 is 0 Å². The maximum absolute atomic E-state index is 10.8. The molecule has 6 heteroatoms. The fourth-order valence-electron chi connectivity index (χ4n) is 2.64. The van der Waals surface area contributed by atoms with Crippen molar-refractivity contribution in [3.05, 3.63) is 74.3 Å². The van der Waals surface area contributed by atoms with Crippen molar-refractivity contribution in [1.29, 1.82) is 0 Å². The van der Waals surface area contributed by atoms with Crippen LogP contribution in [0, 0.1) is 10.1 Å². The van der Waals surface area contributed by atoms with Crippen molar-refractivity contribution in [2.24, 2.45) is 10.2 Å². The number of rotatable bonds is 2. The molecule has 0 N–H and O–H groups in total. The maximum Gasteiger partial charge on any atom is 0.269 e. The van der Waals surface area contributed by atoms with Gasteiger partial charge in [-0.1, -0.05) is 17.7 Å². The lowest BCUT2D eigenvalue weighted by Gasteiger charge is -2.14. The molecule has 112 valence electrons. The highest BCUT2D eigenvalue weighted by Crippen LogP contribution is 2.34. The Morgan fingerprint density at radius 2 is 1.91 bits per heavy atom. The quantitative estimate of drug-likeness (QED) is 0.593. The average Bonchev–Trinajstić information content (AvgIpc) is 2.65. The monoisotopic (exact) mass is 315 g/mol. The molecule has 1 aliphatic heterocycles. The summed E-state index contributed by atoms with van der Waals surface area (Å²) in [6.07, 6.45) is 0.781. The Morgan fingerprint density at radius 1 is 1.18 bits per heavy atom. The minimum atomic E-state index is -0.409. The minimum Gasteiger partial charge on any atom is -0.258 e. The van der Waals surface area contributed by atoms with E-state index in [1.807, 2.05) is 25.1 Å². The predicted molar refractivity (Wildman–Crippen MR) is 84.4 cm³/mol. The van der Waals surface area contributed by atoms with E-state index in [0.29, 0.717) is 5.02 Å². The van der Waals surface area contributed by atoms with Crippen LogP contribution in [0.2, 0.25) is 5.02 Å². The highest BCUT2D eigenvalue weighted by atomic mass is 35.5. The first-order valence-electron chi connectivity index (χ1n) is 6.97. The highest BCUT2D eigenvalue weighted by Gasteiger charge is 2.22. The largest absolute Gasteiger partial charge is 0.269 e.